The molecule has 0 amide bonds. The fraction of sp³-hybridized carbons (Fsp3) is 0.510. The highest BCUT2D eigenvalue weighted by atomic mass is 16.5. The van der Waals surface area contributed by atoms with Crippen LogP contribution in [0.3, 0.4) is 0 Å². The first-order valence-corrected chi connectivity index (χ1v) is 21.2. The Kier molecular flexibility index (Phi) is 11.4. The smallest absolute Gasteiger partial charge is 0.167 e. The van der Waals surface area contributed by atoms with Crippen molar-refractivity contribution >= 4 is 33.1 Å². The molecular formula is C49H56N4O4. The molecule has 8 heteroatoms. The van der Waals surface area contributed by atoms with Crippen LogP contribution in [0.4, 0.5) is 0 Å². The summed E-state index contributed by atoms with van der Waals surface area (Å²) >= 11 is 0. The van der Waals surface area contributed by atoms with Crippen molar-refractivity contribution in [1.82, 2.24) is 9.80 Å². The Hall–Kier alpha value is -4.76. The van der Waals surface area contributed by atoms with Crippen LogP contribution in [0.15, 0.2) is 60.7 Å². The van der Waals surface area contributed by atoms with Crippen LogP contribution in [0.1, 0.15) is 90.6 Å². The Morgan fingerprint density at radius 3 is 1.77 bits per heavy atom. The number of hydrogen-bond donors (Lipinski definition) is 0. The lowest BCUT2D eigenvalue weighted by Gasteiger charge is -2.52. The van der Waals surface area contributed by atoms with E-state index >= 15 is 0 Å². The first kappa shape index (κ1) is 39.1. The molecule has 2 aliphatic heterocycles. The van der Waals surface area contributed by atoms with Gasteiger partial charge in [0.1, 0.15) is 11.5 Å². The molecular weight excluding hydrogens is 709 g/mol. The number of nitriles is 2. The molecule has 8 rings (SSSR count). The molecule has 4 aliphatic rings. The predicted octanol–water partition coefficient (Wildman–Crippen LogP) is 9.07. The first-order valence-electron chi connectivity index (χ1n) is 21.2. The number of rotatable bonds is 12. The molecule has 2 saturated carbocycles. The maximum absolute atomic E-state index is 14.6. The second-order valence-electron chi connectivity index (χ2n) is 17.5. The highest BCUT2D eigenvalue weighted by Crippen LogP contribution is 2.47. The molecule has 2 heterocycles. The fourth-order valence-corrected chi connectivity index (χ4v) is 10.8. The van der Waals surface area contributed by atoms with E-state index in [-0.39, 0.29) is 36.2 Å². The van der Waals surface area contributed by atoms with E-state index in [2.05, 4.69) is 35.8 Å². The highest BCUT2D eigenvalue weighted by molar-refractivity contribution is 6.03. The summed E-state index contributed by atoms with van der Waals surface area (Å²) in [4.78, 5) is 34.0. The largest absolute Gasteiger partial charge is 0.496 e. The Balaban J connectivity index is 0.954. The SMILES string of the molecule is COc1ccc2cc(C(=O)[C@H]3CN(C4CC(C(C)[C@H]5CCN(C6CCC6)C[C@@H]5C(=O)c5ccc6c(CC#N)c(OC)ccc6c5)C4)CC[C@H]3C)ccc2c1CC#N. The maximum atomic E-state index is 14.6. The van der Waals surface area contributed by atoms with Gasteiger partial charge in [-0.25, -0.2) is 0 Å². The van der Waals surface area contributed by atoms with Crippen LogP contribution >= 0.6 is 0 Å². The van der Waals surface area contributed by atoms with Crippen molar-refractivity contribution in [3.05, 3.63) is 82.9 Å². The van der Waals surface area contributed by atoms with Gasteiger partial charge in [0.05, 0.1) is 39.2 Å². The number of nitrogens with zero attached hydrogens (tertiary/aromatic N) is 4. The summed E-state index contributed by atoms with van der Waals surface area (Å²) in [6, 6.07) is 25.4. The van der Waals surface area contributed by atoms with Crippen LogP contribution in [0.5, 0.6) is 11.5 Å². The average molecular weight is 765 g/mol. The molecule has 2 saturated heterocycles. The zero-order valence-corrected chi connectivity index (χ0v) is 34.0. The summed E-state index contributed by atoms with van der Waals surface area (Å²) in [6.45, 7) is 8.36. The molecule has 5 atom stereocenters. The van der Waals surface area contributed by atoms with Gasteiger partial charge in [0.25, 0.3) is 0 Å². The van der Waals surface area contributed by atoms with E-state index < -0.39 is 0 Å². The van der Waals surface area contributed by atoms with Crippen molar-refractivity contribution in [3.63, 3.8) is 0 Å². The van der Waals surface area contributed by atoms with Crippen molar-refractivity contribution in [3.8, 4) is 23.6 Å². The van der Waals surface area contributed by atoms with Gasteiger partial charge in [0, 0.05) is 59.3 Å². The van der Waals surface area contributed by atoms with Crippen LogP contribution in [-0.2, 0) is 12.8 Å². The number of piperidine rings is 2. The van der Waals surface area contributed by atoms with Gasteiger partial charge in [-0.3, -0.25) is 19.4 Å². The van der Waals surface area contributed by atoms with Gasteiger partial charge in [0.15, 0.2) is 11.6 Å². The molecule has 0 N–H and O–H groups in total. The lowest BCUT2D eigenvalue weighted by atomic mass is 9.62. The van der Waals surface area contributed by atoms with E-state index in [1.807, 2.05) is 60.7 Å². The summed E-state index contributed by atoms with van der Waals surface area (Å²) in [5.41, 5.74) is 3.25. The van der Waals surface area contributed by atoms with E-state index in [1.54, 1.807) is 14.2 Å². The van der Waals surface area contributed by atoms with Gasteiger partial charge in [-0.2, -0.15) is 10.5 Å². The topological polar surface area (TPSA) is 107 Å². The van der Waals surface area contributed by atoms with Crippen molar-refractivity contribution in [2.24, 2.45) is 35.5 Å². The molecule has 8 nitrogen and oxygen atoms in total. The Labute approximate surface area is 337 Å². The number of ether oxygens (including phenoxy) is 2. The predicted molar refractivity (Wildman–Crippen MR) is 224 cm³/mol. The van der Waals surface area contributed by atoms with Crippen LogP contribution in [0.2, 0.25) is 0 Å². The fourth-order valence-electron chi connectivity index (χ4n) is 10.8. The maximum Gasteiger partial charge on any atom is 0.167 e. The van der Waals surface area contributed by atoms with E-state index in [0.717, 1.165) is 95.7 Å². The molecule has 4 aromatic rings. The molecule has 57 heavy (non-hydrogen) atoms. The molecule has 1 unspecified atom stereocenters. The van der Waals surface area contributed by atoms with Crippen molar-refractivity contribution < 1.29 is 19.1 Å². The van der Waals surface area contributed by atoms with Crippen LogP contribution in [0.25, 0.3) is 21.5 Å². The van der Waals surface area contributed by atoms with Gasteiger partial charge in [-0.15, -0.1) is 0 Å². The molecule has 2 aliphatic carbocycles. The Morgan fingerprint density at radius 2 is 1.25 bits per heavy atom. The van der Waals surface area contributed by atoms with E-state index in [0.29, 0.717) is 47.3 Å². The number of carbonyl (C=O) groups excluding carboxylic acids is 2. The monoisotopic (exact) mass is 764 g/mol. The average Bonchev–Trinajstić information content (AvgIpc) is 3.19. The molecule has 0 radical (unpaired) electrons. The zero-order valence-electron chi connectivity index (χ0n) is 34.0. The van der Waals surface area contributed by atoms with E-state index in [1.165, 1.54) is 19.3 Å². The summed E-state index contributed by atoms with van der Waals surface area (Å²) in [7, 11) is 3.26. The number of hydrogen-bond acceptors (Lipinski definition) is 8. The number of ketones is 2. The van der Waals surface area contributed by atoms with Crippen LogP contribution in [-0.4, -0.2) is 73.8 Å². The van der Waals surface area contributed by atoms with Gasteiger partial charge < -0.3 is 9.47 Å². The van der Waals surface area contributed by atoms with Gasteiger partial charge >= 0.3 is 0 Å². The molecule has 0 aromatic heterocycles. The van der Waals surface area contributed by atoms with Crippen molar-refractivity contribution in [1.29, 1.82) is 10.5 Å². The first-order chi connectivity index (χ1) is 27.7. The van der Waals surface area contributed by atoms with E-state index in [4.69, 9.17) is 9.47 Å². The van der Waals surface area contributed by atoms with Gasteiger partial charge in [0.2, 0.25) is 0 Å². The zero-order chi connectivity index (χ0) is 39.8. The lowest BCUT2D eigenvalue weighted by Crippen LogP contribution is -2.55. The third-order valence-electron chi connectivity index (χ3n) is 14.7. The minimum atomic E-state index is -0.0543. The number of Topliss-reactive ketones (excluding diaryl/α,β-unsaturated/α-hetero) is 2. The quantitative estimate of drug-likeness (QED) is 0.132. The van der Waals surface area contributed by atoms with Crippen LogP contribution in [0, 0.1) is 58.2 Å². The van der Waals surface area contributed by atoms with Gasteiger partial charge in [-0.05, 0) is 121 Å². The lowest BCUT2D eigenvalue weighted by molar-refractivity contribution is -0.0232. The van der Waals surface area contributed by atoms with Crippen LogP contribution < -0.4 is 9.47 Å². The number of likely N-dealkylation sites (tertiary alicyclic amines) is 2. The Bertz CT molecular complexity index is 2240. The summed E-state index contributed by atoms with van der Waals surface area (Å²) < 4.78 is 11.1. The number of carbonyl (C=O) groups is 2. The summed E-state index contributed by atoms with van der Waals surface area (Å²) in [5.74, 6) is 3.43. The standard InChI is InChI=1S/C49H56N4O4/c1-30-18-22-53(28-44(30)48(54)34-8-12-40-32(24-34)10-14-46(56-3)42(40)16-20-50)38-26-36(27-38)31(2)39-19-23-52(37-6-5-7-37)29-45(39)49(55)35-9-13-41-33(25-35)11-15-47(57-4)43(41)17-21-51/h8-15,24-25,30-31,36-39,44-45H,5-7,16-19,22-23,26-29H2,1-4H3/t30-,31?,36?,38?,39-,44+,45+/m1/s1. The highest BCUT2D eigenvalue weighted by Gasteiger charge is 2.47. The van der Waals surface area contributed by atoms with E-state index in [9.17, 15) is 20.1 Å². The summed E-state index contributed by atoms with van der Waals surface area (Å²) in [6.07, 6.45) is 8.59. The number of methoxy groups -OCH3 is 2. The minimum Gasteiger partial charge on any atom is -0.496 e. The van der Waals surface area contributed by atoms with Crippen molar-refractivity contribution in [2.45, 2.75) is 83.7 Å². The van der Waals surface area contributed by atoms with Crippen molar-refractivity contribution in [2.75, 3.05) is 40.4 Å². The third-order valence-corrected chi connectivity index (χ3v) is 14.7. The summed E-state index contributed by atoms with van der Waals surface area (Å²) in [5, 5.41) is 22.8. The number of fused-ring (bicyclic) bond motifs is 2. The Morgan fingerprint density at radius 1 is 0.719 bits per heavy atom. The molecule has 4 fully saturated rings. The second-order valence-corrected chi connectivity index (χ2v) is 17.5. The molecule has 4 aromatic carbocycles. The second kappa shape index (κ2) is 16.6. The molecule has 0 spiro atoms. The normalized spacial score (nSPS) is 26.1. The molecule has 296 valence electrons. The minimum absolute atomic E-state index is 0.0421. The molecule has 0 bridgehead atoms. The number of benzene rings is 4. The third kappa shape index (κ3) is 7.44. The van der Waals surface area contributed by atoms with Gasteiger partial charge in [-0.1, -0.05) is 56.7 Å².